The number of ketones is 1. The zero-order chi connectivity index (χ0) is 17.0. The highest BCUT2D eigenvalue weighted by Gasteiger charge is 2.09. The third-order valence-electron chi connectivity index (χ3n) is 3.52. The Hall–Kier alpha value is -2.14. The van der Waals surface area contributed by atoms with Gasteiger partial charge in [0.1, 0.15) is 5.75 Å². The van der Waals surface area contributed by atoms with Crippen molar-refractivity contribution in [3.63, 3.8) is 0 Å². The van der Waals surface area contributed by atoms with E-state index in [9.17, 15) is 13.2 Å². The van der Waals surface area contributed by atoms with E-state index in [0.717, 1.165) is 6.26 Å². The lowest BCUT2D eigenvalue weighted by atomic mass is 10.0. The molecule has 0 fully saturated rings. The predicted molar refractivity (Wildman–Crippen MR) is 89.9 cm³/mol. The third-order valence-corrected chi connectivity index (χ3v) is 4.65. The highest BCUT2D eigenvalue weighted by Crippen LogP contribution is 2.17. The molecule has 0 heterocycles. The summed E-state index contributed by atoms with van der Waals surface area (Å²) >= 11 is 0. The maximum atomic E-state index is 12.1. The summed E-state index contributed by atoms with van der Waals surface area (Å²) in [6.07, 6.45) is 1.15. The number of hydrogen-bond acceptors (Lipinski definition) is 4. The van der Waals surface area contributed by atoms with E-state index in [4.69, 9.17) is 4.74 Å². The molecule has 0 saturated heterocycles. The molecule has 2 aromatic carbocycles. The molecule has 0 aliphatic carbocycles. The van der Waals surface area contributed by atoms with Gasteiger partial charge in [-0.1, -0.05) is 38.1 Å². The van der Waals surface area contributed by atoms with Crippen LogP contribution in [0.2, 0.25) is 0 Å². The molecule has 5 heteroatoms. The van der Waals surface area contributed by atoms with Crippen molar-refractivity contribution < 1.29 is 17.9 Å². The molecular weight excluding hydrogens is 312 g/mol. The van der Waals surface area contributed by atoms with Crippen LogP contribution in [0.15, 0.2) is 53.4 Å². The number of ether oxygens (including phenoxy) is 1. The van der Waals surface area contributed by atoms with Gasteiger partial charge in [-0.3, -0.25) is 4.79 Å². The SMILES string of the molecule is CC(C)c1ccc(C(=O)COc2ccc(S(C)(=O)=O)cc2)cc1. The molecule has 0 radical (unpaired) electrons. The van der Waals surface area contributed by atoms with Crippen molar-refractivity contribution in [2.45, 2.75) is 24.7 Å². The van der Waals surface area contributed by atoms with Gasteiger partial charge in [0, 0.05) is 11.8 Å². The molecule has 4 nitrogen and oxygen atoms in total. The van der Waals surface area contributed by atoms with Crippen molar-refractivity contribution in [1.82, 2.24) is 0 Å². The van der Waals surface area contributed by atoms with Crippen LogP contribution in [0.25, 0.3) is 0 Å². The number of rotatable bonds is 6. The summed E-state index contributed by atoms with van der Waals surface area (Å²) in [5, 5.41) is 0. The van der Waals surface area contributed by atoms with E-state index in [1.807, 2.05) is 12.1 Å². The van der Waals surface area contributed by atoms with Gasteiger partial charge >= 0.3 is 0 Å². The van der Waals surface area contributed by atoms with Gasteiger partial charge in [-0.15, -0.1) is 0 Å². The fourth-order valence-electron chi connectivity index (χ4n) is 2.07. The maximum absolute atomic E-state index is 12.1. The van der Waals surface area contributed by atoms with Gasteiger partial charge in [0.25, 0.3) is 0 Å². The van der Waals surface area contributed by atoms with Crippen LogP contribution in [0.4, 0.5) is 0 Å². The maximum Gasteiger partial charge on any atom is 0.200 e. The van der Waals surface area contributed by atoms with Crippen molar-refractivity contribution in [1.29, 1.82) is 0 Å². The zero-order valence-corrected chi connectivity index (χ0v) is 14.3. The Morgan fingerprint density at radius 3 is 2.04 bits per heavy atom. The summed E-state index contributed by atoms with van der Waals surface area (Å²) in [6, 6.07) is 13.5. The zero-order valence-electron chi connectivity index (χ0n) is 13.4. The van der Waals surface area contributed by atoms with Crippen molar-refractivity contribution in [3.05, 3.63) is 59.7 Å². The molecule has 0 amide bonds. The minimum atomic E-state index is -3.23. The third kappa shape index (κ3) is 4.66. The summed E-state index contributed by atoms with van der Waals surface area (Å²) in [5.74, 6) is 0.765. The first-order valence-corrected chi connectivity index (χ1v) is 9.22. The predicted octanol–water partition coefficient (Wildman–Crippen LogP) is 3.48. The van der Waals surface area contributed by atoms with E-state index >= 15 is 0 Å². The highest BCUT2D eigenvalue weighted by molar-refractivity contribution is 7.90. The molecular formula is C18H20O4S. The van der Waals surface area contributed by atoms with E-state index in [-0.39, 0.29) is 17.3 Å². The van der Waals surface area contributed by atoms with E-state index < -0.39 is 9.84 Å². The van der Waals surface area contributed by atoms with Crippen LogP contribution in [-0.4, -0.2) is 27.1 Å². The van der Waals surface area contributed by atoms with Crippen LogP contribution in [-0.2, 0) is 9.84 Å². The molecule has 2 rings (SSSR count). The summed E-state index contributed by atoms with van der Waals surface area (Å²) in [4.78, 5) is 12.3. The molecule has 0 atom stereocenters. The molecule has 0 aliphatic heterocycles. The van der Waals surface area contributed by atoms with Gasteiger partial charge < -0.3 is 4.74 Å². The van der Waals surface area contributed by atoms with Gasteiger partial charge in [-0.05, 0) is 35.7 Å². The lowest BCUT2D eigenvalue weighted by Gasteiger charge is -2.08. The summed E-state index contributed by atoms with van der Waals surface area (Å²) in [6.45, 7) is 4.11. The molecule has 2 aromatic rings. The minimum Gasteiger partial charge on any atom is -0.485 e. The molecule has 23 heavy (non-hydrogen) atoms. The smallest absolute Gasteiger partial charge is 0.200 e. The Kier molecular flexibility index (Phi) is 5.21. The molecule has 122 valence electrons. The van der Waals surface area contributed by atoms with Crippen LogP contribution < -0.4 is 4.74 Å². The molecule has 0 bridgehead atoms. The Morgan fingerprint density at radius 2 is 1.57 bits per heavy atom. The topological polar surface area (TPSA) is 60.4 Å². The largest absolute Gasteiger partial charge is 0.485 e. The van der Waals surface area contributed by atoms with Crippen molar-refractivity contribution in [3.8, 4) is 5.75 Å². The van der Waals surface area contributed by atoms with Gasteiger partial charge in [0.15, 0.2) is 22.2 Å². The summed E-state index contributed by atoms with van der Waals surface area (Å²) in [5.41, 5.74) is 1.78. The van der Waals surface area contributed by atoms with Gasteiger partial charge in [-0.2, -0.15) is 0 Å². The molecule has 0 aromatic heterocycles. The quantitative estimate of drug-likeness (QED) is 0.760. The number of benzene rings is 2. The average Bonchev–Trinajstić information content (AvgIpc) is 2.52. The second-order valence-corrected chi connectivity index (χ2v) is 7.75. The number of sulfone groups is 1. The first-order valence-electron chi connectivity index (χ1n) is 7.33. The molecule has 0 spiro atoms. The standard InChI is InChI=1S/C18H20O4S/c1-13(2)14-4-6-15(7-5-14)18(19)12-22-16-8-10-17(11-9-16)23(3,20)21/h4-11,13H,12H2,1-3H3. The van der Waals surface area contributed by atoms with E-state index in [0.29, 0.717) is 17.2 Å². The highest BCUT2D eigenvalue weighted by atomic mass is 32.2. The Morgan fingerprint density at radius 1 is 1.00 bits per heavy atom. The van der Waals surface area contributed by atoms with Gasteiger partial charge in [-0.25, -0.2) is 8.42 Å². The summed E-state index contributed by atoms with van der Waals surface area (Å²) < 4.78 is 28.2. The first-order chi connectivity index (χ1) is 10.8. The number of hydrogen-bond donors (Lipinski definition) is 0. The minimum absolute atomic E-state index is 0.0841. The number of Topliss-reactive ketones (excluding diaryl/α,β-unsaturated/α-hetero) is 1. The lowest BCUT2D eigenvalue weighted by molar-refractivity contribution is 0.0921. The molecule has 0 unspecified atom stereocenters. The van der Waals surface area contributed by atoms with Crippen LogP contribution >= 0.6 is 0 Å². The average molecular weight is 332 g/mol. The van der Waals surface area contributed by atoms with E-state index in [1.165, 1.54) is 17.7 Å². The number of carbonyl (C=O) groups excluding carboxylic acids is 1. The molecule has 0 N–H and O–H groups in total. The second kappa shape index (κ2) is 6.96. The van der Waals surface area contributed by atoms with Crippen molar-refractivity contribution in [2.75, 3.05) is 12.9 Å². The summed E-state index contributed by atoms with van der Waals surface area (Å²) in [7, 11) is -3.23. The fraction of sp³-hybridized carbons (Fsp3) is 0.278. The monoisotopic (exact) mass is 332 g/mol. The van der Waals surface area contributed by atoms with Crippen molar-refractivity contribution >= 4 is 15.6 Å². The van der Waals surface area contributed by atoms with Crippen molar-refractivity contribution in [2.24, 2.45) is 0 Å². The molecule has 0 saturated carbocycles. The Balaban J connectivity index is 1.98. The van der Waals surface area contributed by atoms with Crippen LogP contribution in [0.5, 0.6) is 5.75 Å². The lowest BCUT2D eigenvalue weighted by Crippen LogP contribution is -2.11. The molecule has 0 aliphatic rings. The van der Waals surface area contributed by atoms with Crippen LogP contribution in [0.1, 0.15) is 35.7 Å². The van der Waals surface area contributed by atoms with E-state index in [1.54, 1.807) is 24.3 Å². The van der Waals surface area contributed by atoms with E-state index in [2.05, 4.69) is 13.8 Å². The van der Waals surface area contributed by atoms with Gasteiger partial charge in [0.2, 0.25) is 0 Å². The second-order valence-electron chi connectivity index (χ2n) is 5.73. The number of carbonyl (C=O) groups is 1. The fourth-order valence-corrected chi connectivity index (χ4v) is 2.70. The Bertz CT molecular complexity index is 773. The normalized spacial score (nSPS) is 11.5. The Labute approximate surface area is 137 Å². The first kappa shape index (κ1) is 17.2. The van der Waals surface area contributed by atoms with Crippen LogP contribution in [0, 0.1) is 0 Å². The van der Waals surface area contributed by atoms with Gasteiger partial charge in [0.05, 0.1) is 4.90 Å². The van der Waals surface area contributed by atoms with Crippen LogP contribution in [0.3, 0.4) is 0 Å².